The van der Waals surface area contributed by atoms with Crippen LogP contribution in [0.3, 0.4) is 0 Å². The summed E-state index contributed by atoms with van der Waals surface area (Å²) in [6, 6.07) is 14.6. The van der Waals surface area contributed by atoms with Crippen LogP contribution in [0, 0.1) is 5.92 Å². The molecule has 3 rings (SSSR count). The fraction of sp³-hybridized carbons (Fsp3) is 0.381. The Morgan fingerprint density at radius 3 is 2.68 bits per heavy atom. The smallest absolute Gasteiger partial charge is 0.226 e. The largest absolute Gasteiger partial charge is 0.493 e. The third kappa shape index (κ3) is 5.35. The minimum atomic E-state index is -3.25. The van der Waals surface area contributed by atoms with E-state index in [1.54, 1.807) is 23.1 Å². The summed E-state index contributed by atoms with van der Waals surface area (Å²) in [7, 11) is -1.43. The lowest BCUT2D eigenvalue weighted by Gasteiger charge is -2.17. The number of hydrogen-bond acceptors (Lipinski definition) is 4. The molecule has 5 nitrogen and oxygen atoms in total. The second-order valence-corrected chi connectivity index (χ2v) is 10.1. The molecule has 0 N–H and O–H groups in total. The molecule has 2 atom stereocenters. The lowest BCUT2D eigenvalue weighted by molar-refractivity contribution is -0.131. The predicted octanol–water partition coefficient (Wildman–Crippen LogP) is 3.88. The van der Waals surface area contributed by atoms with E-state index in [9.17, 15) is 13.2 Å². The molecule has 2 aromatic rings. The summed E-state index contributed by atoms with van der Waals surface area (Å²) in [6.07, 6.45) is 2.75. The van der Waals surface area contributed by atoms with Gasteiger partial charge < -0.3 is 9.64 Å². The van der Waals surface area contributed by atoms with Gasteiger partial charge in [0.05, 0.1) is 11.5 Å². The van der Waals surface area contributed by atoms with Crippen LogP contribution >= 0.6 is 15.9 Å². The molecule has 0 radical (unpaired) electrons. The Hall–Kier alpha value is -1.86. The molecule has 0 aromatic heterocycles. The molecule has 1 aliphatic carbocycles. The molecular weight excluding hydrogens is 442 g/mol. The molecule has 28 heavy (non-hydrogen) atoms. The van der Waals surface area contributed by atoms with Gasteiger partial charge in [0.2, 0.25) is 5.91 Å². The highest BCUT2D eigenvalue weighted by Gasteiger charge is 2.45. The van der Waals surface area contributed by atoms with Crippen LogP contribution < -0.4 is 4.74 Å². The van der Waals surface area contributed by atoms with E-state index >= 15 is 0 Å². The fourth-order valence-corrected chi connectivity index (χ4v) is 4.33. The van der Waals surface area contributed by atoms with Gasteiger partial charge in [0, 0.05) is 30.2 Å². The van der Waals surface area contributed by atoms with Crippen LogP contribution in [0.1, 0.15) is 24.3 Å². The molecule has 0 aliphatic heterocycles. The summed E-state index contributed by atoms with van der Waals surface area (Å²) in [4.78, 5) is 14.6. The van der Waals surface area contributed by atoms with Crippen LogP contribution in [0.25, 0.3) is 0 Å². The Balaban J connectivity index is 1.44. The number of carbonyl (C=O) groups is 1. The number of amides is 1. The minimum absolute atomic E-state index is 0.0617. The Kier molecular flexibility index (Phi) is 6.45. The summed E-state index contributed by atoms with van der Waals surface area (Å²) in [6.45, 7) is 1.02. The van der Waals surface area contributed by atoms with Crippen molar-refractivity contribution >= 4 is 31.7 Å². The van der Waals surface area contributed by atoms with E-state index in [0.717, 1.165) is 10.9 Å². The quantitative estimate of drug-likeness (QED) is 0.554. The first kappa shape index (κ1) is 20.9. The van der Waals surface area contributed by atoms with Gasteiger partial charge in [-0.1, -0.05) is 34.1 Å². The van der Waals surface area contributed by atoms with E-state index in [4.69, 9.17) is 4.74 Å². The summed E-state index contributed by atoms with van der Waals surface area (Å²) < 4.78 is 29.9. The zero-order valence-corrected chi connectivity index (χ0v) is 18.4. The molecule has 1 saturated carbocycles. The fourth-order valence-electron chi connectivity index (χ4n) is 3.25. The van der Waals surface area contributed by atoms with Gasteiger partial charge in [-0.3, -0.25) is 4.79 Å². The first-order valence-electron chi connectivity index (χ1n) is 9.19. The second-order valence-electron chi connectivity index (χ2n) is 7.21. The Morgan fingerprint density at radius 1 is 1.21 bits per heavy atom. The Morgan fingerprint density at radius 2 is 1.96 bits per heavy atom. The number of hydrogen-bond donors (Lipinski definition) is 0. The molecule has 1 amide bonds. The van der Waals surface area contributed by atoms with Crippen LogP contribution in [0.5, 0.6) is 5.75 Å². The Labute approximate surface area is 174 Å². The standard InChI is InChI=1S/C21H24BrNO4S/c1-23(21(24)20-14-19(20)15-6-3-7-16(22)12-15)10-5-11-27-17-8-4-9-18(13-17)28(2,25)26/h3-4,6-9,12-13,19-20H,5,10-11,14H2,1-2H3. The number of carbonyl (C=O) groups excluding carboxylic acids is 1. The van der Waals surface area contributed by atoms with Gasteiger partial charge >= 0.3 is 0 Å². The third-order valence-electron chi connectivity index (χ3n) is 4.90. The van der Waals surface area contributed by atoms with E-state index in [1.807, 2.05) is 19.2 Å². The third-order valence-corrected chi connectivity index (χ3v) is 6.50. The van der Waals surface area contributed by atoms with Gasteiger partial charge in [-0.15, -0.1) is 0 Å². The van der Waals surface area contributed by atoms with Crippen molar-refractivity contribution in [1.82, 2.24) is 4.90 Å². The molecular formula is C21H24BrNO4S. The van der Waals surface area contributed by atoms with Crippen LogP contribution in [0.15, 0.2) is 57.9 Å². The minimum Gasteiger partial charge on any atom is -0.493 e. The maximum Gasteiger partial charge on any atom is 0.226 e. The first-order valence-corrected chi connectivity index (χ1v) is 11.9. The van der Waals surface area contributed by atoms with Crippen molar-refractivity contribution in [3.63, 3.8) is 0 Å². The average Bonchev–Trinajstić information content (AvgIpc) is 3.45. The zero-order chi connectivity index (χ0) is 20.3. The first-order chi connectivity index (χ1) is 13.3. The van der Waals surface area contributed by atoms with Crippen molar-refractivity contribution in [3.05, 3.63) is 58.6 Å². The van der Waals surface area contributed by atoms with Gasteiger partial charge in [0.25, 0.3) is 0 Å². The van der Waals surface area contributed by atoms with Crippen molar-refractivity contribution < 1.29 is 17.9 Å². The van der Waals surface area contributed by atoms with E-state index in [2.05, 4.69) is 28.1 Å². The van der Waals surface area contributed by atoms with Gasteiger partial charge in [0.15, 0.2) is 9.84 Å². The topological polar surface area (TPSA) is 63.7 Å². The van der Waals surface area contributed by atoms with Gasteiger partial charge in [-0.2, -0.15) is 0 Å². The Bertz CT molecular complexity index is 960. The van der Waals surface area contributed by atoms with E-state index in [0.29, 0.717) is 31.2 Å². The van der Waals surface area contributed by atoms with Crippen LogP contribution in [-0.2, 0) is 14.6 Å². The number of nitrogens with zero attached hydrogens (tertiary/aromatic N) is 1. The molecule has 0 saturated heterocycles. The monoisotopic (exact) mass is 465 g/mol. The molecule has 0 bridgehead atoms. The molecule has 1 aliphatic rings. The molecule has 1 fully saturated rings. The summed E-state index contributed by atoms with van der Waals surface area (Å²) in [5.41, 5.74) is 1.20. The average molecular weight is 466 g/mol. The predicted molar refractivity (Wildman–Crippen MR) is 112 cm³/mol. The summed E-state index contributed by atoms with van der Waals surface area (Å²) >= 11 is 3.48. The van der Waals surface area contributed by atoms with Crippen molar-refractivity contribution in [3.8, 4) is 5.75 Å². The van der Waals surface area contributed by atoms with Crippen LogP contribution in [0.4, 0.5) is 0 Å². The van der Waals surface area contributed by atoms with E-state index in [-0.39, 0.29) is 16.7 Å². The molecule has 0 heterocycles. The van der Waals surface area contributed by atoms with Gasteiger partial charge in [-0.25, -0.2) is 8.42 Å². The van der Waals surface area contributed by atoms with Gasteiger partial charge in [-0.05, 0) is 54.7 Å². The molecule has 2 unspecified atom stereocenters. The molecule has 150 valence electrons. The number of ether oxygens (including phenoxy) is 1. The lowest BCUT2D eigenvalue weighted by atomic mass is 10.1. The SMILES string of the molecule is CN(CCCOc1cccc(S(C)(=O)=O)c1)C(=O)C1CC1c1cccc(Br)c1. The summed E-state index contributed by atoms with van der Waals surface area (Å²) in [5.74, 6) is 1.06. The highest BCUT2D eigenvalue weighted by molar-refractivity contribution is 9.10. The highest BCUT2D eigenvalue weighted by Crippen LogP contribution is 2.48. The summed E-state index contributed by atoms with van der Waals surface area (Å²) in [5, 5.41) is 0. The van der Waals surface area contributed by atoms with Gasteiger partial charge in [0.1, 0.15) is 5.75 Å². The highest BCUT2D eigenvalue weighted by atomic mass is 79.9. The number of halogens is 1. The maximum atomic E-state index is 12.6. The number of rotatable bonds is 8. The molecule has 2 aromatic carbocycles. The number of benzene rings is 2. The van der Waals surface area contributed by atoms with Crippen LogP contribution in [-0.4, -0.2) is 45.7 Å². The normalized spacial score (nSPS) is 18.5. The van der Waals surface area contributed by atoms with Crippen molar-refractivity contribution in [2.75, 3.05) is 26.5 Å². The van der Waals surface area contributed by atoms with Crippen LogP contribution in [0.2, 0.25) is 0 Å². The number of sulfone groups is 1. The van der Waals surface area contributed by atoms with E-state index < -0.39 is 9.84 Å². The molecule has 0 spiro atoms. The second kappa shape index (κ2) is 8.66. The van der Waals surface area contributed by atoms with Crippen molar-refractivity contribution in [2.24, 2.45) is 5.92 Å². The van der Waals surface area contributed by atoms with E-state index in [1.165, 1.54) is 17.9 Å². The molecule has 7 heteroatoms. The lowest BCUT2D eigenvalue weighted by Crippen LogP contribution is -2.30. The zero-order valence-electron chi connectivity index (χ0n) is 16.0. The van der Waals surface area contributed by atoms with Crippen molar-refractivity contribution in [1.29, 1.82) is 0 Å². The maximum absolute atomic E-state index is 12.6. The van der Waals surface area contributed by atoms with Crippen molar-refractivity contribution in [2.45, 2.75) is 23.7 Å².